The highest BCUT2D eigenvalue weighted by Crippen LogP contribution is 2.33. The molecule has 0 nitrogen and oxygen atoms in total. The zero-order chi connectivity index (χ0) is 11.8. The molecule has 1 aliphatic carbocycles. The molecular weight excluding hydrogens is 204 g/mol. The first-order valence-corrected chi connectivity index (χ1v) is 6.10. The molecule has 1 aliphatic rings. The molecule has 0 bridgehead atoms. The van der Waals surface area contributed by atoms with Gasteiger partial charge < -0.3 is 0 Å². The highest BCUT2D eigenvalue weighted by Gasteiger charge is 2.14. The van der Waals surface area contributed by atoms with Gasteiger partial charge in [0.1, 0.15) is 0 Å². The maximum Gasteiger partial charge on any atom is -0.00544 e. The molecule has 2 aromatic carbocycles. The van der Waals surface area contributed by atoms with Crippen LogP contribution in [-0.2, 0) is 6.42 Å². The summed E-state index contributed by atoms with van der Waals surface area (Å²) in [5, 5.41) is 0. The Morgan fingerprint density at radius 1 is 0.882 bits per heavy atom. The van der Waals surface area contributed by atoms with Gasteiger partial charge in [0.05, 0.1) is 0 Å². The first-order chi connectivity index (χ1) is 8.24. The summed E-state index contributed by atoms with van der Waals surface area (Å²) < 4.78 is 0. The lowest BCUT2D eigenvalue weighted by molar-refractivity contribution is 1.20. The van der Waals surface area contributed by atoms with Crippen molar-refractivity contribution in [3.8, 4) is 11.1 Å². The monoisotopic (exact) mass is 220 g/mol. The van der Waals surface area contributed by atoms with Gasteiger partial charge in [-0.3, -0.25) is 0 Å². The minimum absolute atomic E-state index is 1.10. The van der Waals surface area contributed by atoms with Crippen LogP contribution < -0.4 is 0 Å². The topological polar surface area (TPSA) is 0 Å². The van der Waals surface area contributed by atoms with E-state index in [-0.39, 0.29) is 0 Å². The summed E-state index contributed by atoms with van der Waals surface area (Å²) in [6, 6.07) is 15.4. The predicted octanol–water partition coefficient (Wildman–Crippen LogP) is 4.62. The van der Waals surface area contributed by atoms with Crippen LogP contribution in [0.5, 0.6) is 0 Å². The van der Waals surface area contributed by atoms with Crippen molar-refractivity contribution in [1.29, 1.82) is 0 Å². The van der Waals surface area contributed by atoms with Crippen molar-refractivity contribution in [1.82, 2.24) is 0 Å². The van der Waals surface area contributed by atoms with Gasteiger partial charge in [-0.05, 0) is 42.5 Å². The molecule has 0 aliphatic heterocycles. The molecule has 0 heteroatoms. The number of benzene rings is 2. The quantitative estimate of drug-likeness (QED) is 0.657. The molecule has 0 saturated heterocycles. The number of fused-ring (bicyclic) bond motifs is 1. The Bertz CT molecular complexity index is 586. The standard InChI is InChI=1S/C17H16/c1-12-6-8-14(9-7-12)16-5-3-4-15-10-13(2)11-17(15)16/h3-10H,11H2,1-2H3. The molecule has 2 aromatic rings. The van der Waals surface area contributed by atoms with Crippen LogP contribution in [0.4, 0.5) is 0 Å². The Kier molecular flexibility index (Phi) is 2.36. The molecule has 0 atom stereocenters. The molecule has 0 heterocycles. The number of rotatable bonds is 1. The lowest BCUT2D eigenvalue weighted by Crippen LogP contribution is -1.89. The third kappa shape index (κ3) is 1.80. The van der Waals surface area contributed by atoms with Crippen LogP contribution >= 0.6 is 0 Å². The zero-order valence-corrected chi connectivity index (χ0v) is 10.3. The molecule has 0 saturated carbocycles. The second-order valence-corrected chi connectivity index (χ2v) is 4.91. The van der Waals surface area contributed by atoms with Crippen molar-refractivity contribution in [3.63, 3.8) is 0 Å². The molecule has 0 N–H and O–H groups in total. The van der Waals surface area contributed by atoms with E-state index in [9.17, 15) is 0 Å². The van der Waals surface area contributed by atoms with E-state index in [2.05, 4.69) is 62.4 Å². The van der Waals surface area contributed by atoms with Gasteiger partial charge in [0, 0.05) is 0 Å². The van der Waals surface area contributed by atoms with Gasteiger partial charge in [0.2, 0.25) is 0 Å². The van der Waals surface area contributed by atoms with Crippen molar-refractivity contribution < 1.29 is 0 Å². The second kappa shape index (κ2) is 3.89. The molecule has 0 amide bonds. The van der Waals surface area contributed by atoms with Crippen LogP contribution in [-0.4, -0.2) is 0 Å². The van der Waals surface area contributed by atoms with Crippen LogP contribution in [0, 0.1) is 6.92 Å². The summed E-state index contributed by atoms with van der Waals surface area (Å²) >= 11 is 0. The smallest absolute Gasteiger partial charge is 0.00544 e. The van der Waals surface area contributed by atoms with E-state index in [4.69, 9.17) is 0 Å². The van der Waals surface area contributed by atoms with Gasteiger partial charge in [-0.15, -0.1) is 0 Å². The second-order valence-electron chi connectivity index (χ2n) is 4.91. The minimum Gasteiger partial charge on any atom is -0.0683 e. The number of aryl methyl sites for hydroxylation is 1. The van der Waals surface area contributed by atoms with Crippen molar-refractivity contribution in [2.45, 2.75) is 20.3 Å². The Labute approximate surface area is 103 Å². The molecule has 0 aromatic heterocycles. The molecule has 17 heavy (non-hydrogen) atoms. The Morgan fingerprint density at radius 2 is 1.65 bits per heavy atom. The van der Waals surface area contributed by atoms with E-state index < -0.39 is 0 Å². The highest BCUT2D eigenvalue weighted by molar-refractivity contribution is 5.77. The van der Waals surface area contributed by atoms with Gasteiger partial charge in [-0.25, -0.2) is 0 Å². The minimum atomic E-state index is 1.10. The summed E-state index contributed by atoms with van der Waals surface area (Å²) in [6.45, 7) is 4.34. The number of allylic oxidation sites excluding steroid dienone is 1. The lowest BCUT2D eigenvalue weighted by atomic mass is 9.95. The molecule has 0 unspecified atom stereocenters. The maximum absolute atomic E-state index is 2.30. The third-order valence-corrected chi connectivity index (χ3v) is 3.43. The van der Waals surface area contributed by atoms with Crippen LogP contribution in [0.3, 0.4) is 0 Å². The first kappa shape index (κ1) is 10.3. The van der Waals surface area contributed by atoms with Crippen molar-refractivity contribution >= 4 is 6.08 Å². The van der Waals surface area contributed by atoms with E-state index >= 15 is 0 Å². The van der Waals surface area contributed by atoms with Crippen LogP contribution in [0.25, 0.3) is 17.2 Å². The van der Waals surface area contributed by atoms with Crippen molar-refractivity contribution in [2.75, 3.05) is 0 Å². The first-order valence-electron chi connectivity index (χ1n) is 6.10. The summed E-state index contributed by atoms with van der Waals surface area (Å²) in [7, 11) is 0. The molecular formula is C17H16. The van der Waals surface area contributed by atoms with E-state index in [1.165, 1.54) is 33.4 Å². The SMILES string of the molecule is CC1=Cc2cccc(-c3ccc(C)cc3)c2C1. The van der Waals surface area contributed by atoms with Crippen LogP contribution in [0.15, 0.2) is 48.0 Å². The van der Waals surface area contributed by atoms with Gasteiger partial charge in [-0.1, -0.05) is 59.7 Å². The fourth-order valence-electron chi connectivity index (χ4n) is 2.54. The number of hydrogen-bond donors (Lipinski definition) is 0. The largest absolute Gasteiger partial charge is 0.0683 e. The zero-order valence-electron chi connectivity index (χ0n) is 10.3. The summed E-state index contributed by atoms with van der Waals surface area (Å²) in [5.74, 6) is 0. The van der Waals surface area contributed by atoms with Gasteiger partial charge in [0.15, 0.2) is 0 Å². The summed E-state index contributed by atoms with van der Waals surface area (Å²) in [4.78, 5) is 0. The van der Waals surface area contributed by atoms with Gasteiger partial charge in [0.25, 0.3) is 0 Å². The molecule has 0 fully saturated rings. The highest BCUT2D eigenvalue weighted by atomic mass is 14.2. The third-order valence-electron chi connectivity index (χ3n) is 3.43. The van der Waals surface area contributed by atoms with E-state index in [0.29, 0.717) is 0 Å². The van der Waals surface area contributed by atoms with E-state index in [0.717, 1.165) is 6.42 Å². The Hall–Kier alpha value is -1.82. The summed E-state index contributed by atoms with van der Waals surface area (Å²) in [6.07, 6.45) is 3.40. The Morgan fingerprint density at radius 3 is 2.41 bits per heavy atom. The molecule has 0 radical (unpaired) electrons. The predicted molar refractivity (Wildman–Crippen MR) is 74.0 cm³/mol. The lowest BCUT2D eigenvalue weighted by Gasteiger charge is -2.09. The maximum atomic E-state index is 2.30. The fraction of sp³-hybridized carbons (Fsp3) is 0.176. The van der Waals surface area contributed by atoms with Gasteiger partial charge in [-0.2, -0.15) is 0 Å². The van der Waals surface area contributed by atoms with E-state index in [1.807, 2.05) is 0 Å². The molecule has 84 valence electrons. The average molecular weight is 220 g/mol. The van der Waals surface area contributed by atoms with Crippen molar-refractivity contribution in [3.05, 3.63) is 64.7 Å². The van der Waals surface area contributed by atoms with E-state index in [1.54, 1.807) is 0 Å². The number of hydrogen-bond acceptors (Lipinski definition) is 0. The average Bonchev–Trinajstić information content (AvgIpc) is 2.70. The van der Waals surface area contributed by atoms with Gasteiger partial charge >= 0.3 is 0 Å². The Balaban J connectivity index is 2.12. The van der Waals surface area contributed by atoms with Crippen molar-refractivity contribution in [2.24, 2.45) is 0 Å². The summed E-state index contributed by atoms with van der Waals surface area (Å²) in [5.41, 5.74) is 8.36. The van der Waals surface area contributed by atoms with Crippen LogP contribution in [0.1, 0.15) is 23.6 Å². The fourth-order valence-corrected chi connectivity index (χ4v) is 2.54. The van der Waals surface area contributed by atoms with Crippen LogP contribution in [0.2, 0.25) is 0 Å². The normalized spacial score (nSPS) is 13.4. The molecule has 0 spiro atoms. The molecule has 3 rings (SSSR count).